The van der Waals surface area contributed by atoms with Crippen LogP contribution < -0.4 is 15.2 Å². The molecule has 0 bridgehead atoms. The molecule has 1 spiro atoms. The number of hydrogen-bond acceptors (Lipinski definition) is 4. The first-order chi connectivity index (χ1) is 11.2. The molecule has 0 saturated heterocycles. The summed E-state index contributed by atoms with van der Waals surface area (Å²) < 4.78 is 36.5. The lowest BCUT2D eigenvalue weighted by atomic mass is 9.65. The Labute approximate surface area is 144 Å². The number of hydrogen-bond donors (Lipinski definition) is 2. The van der Waals surface area contributed by atoms with Crippen molar-refractivity contribution < 1.29 is 28.2 Å². The zero-order chi connectivity index (χ0) is 17.3. The monoisotopic (exact) mass is 401 g/mol. The summed E-state index contributed by atoms with van der Waals surface area (Å²) in [5.41, 5.74) is 5.87. The van der Waals surface area contributed by atoms with Crippen molar-refractivity contribution in [2.45, 2.75) is 42.9 Å². The van der Waals surface area contributed by atoms with Crippen molar-refractivity contribution in [3.63, 3.8) is 0 Å². The summed E-state index contributed by atoms with van der Waals surface area (Å²) in [6.07, 6.45) is -0.177. The summed E-state index contributed by atoms with van der Waals surface area (Å²) in [5.74, 6) is -1.01. The van der Waals surface area contributed by atoms with E-state index in [1.165, 1.54) is 6.07 Å². The summed E-state index contributed by atoms with van der Waals surface area (Å²) in [4.78, 5) is 11.4. The molecule has 1 aromatic carbocycles. The first-order valence-corrected chi connectivity index (χ1v) is 8.29. The van der Waals surface area contributed by atoms with E-state index < -0.39 is 23.2 Å². The van der Waals surface area contributed by atoms with E-state index >= 15 is 0 Å². The predicted octanol–water partition coefficient (Wildman–Crippen LogP) is 3.35. The van der Waals surface area contributed by atoms with Gasteiger partial charge in [-0.2, -0.15) is 0 Å². The van der Waals surface area contributed by atoms with Crippen LogP contribution in [-0.2, 0) is 10.2 Å². The van der Waals surface area contributed by atoms with E-state index in [0.29, 0.717) is 25.7 Å². The average Bonchev–Trinajstić information content (AvgIpc) is 2.92. The lowest BCUT2D eigenvalue weighted by Gasteiger charge is -2.42. The predicted molar refractivity (Wildman–Crippen MR) is 84.2 cm³/mol. The molecule has 1 aliphatic heterocycles. The minimum atomic E-state index is -3.66. The standard InChI is InChI=1S/C16H14BrF2NO4/c17-12-6-8-5-10-11(24-16(18,19)23-10)7-9(8)14(12)1-3-15(20,4-2-14)13(21)22/h5-7H,1-4,20H2,(H,21,22). The van der Waals surface area contributed by atoms with Gasteiger partial charge in [-0.15, -0.1) is 8.78 Å². The number of aliphatic carboxylic acids is 1. The van der Waals surface area contributed by atoms with E-state index in [1.807, 2.05) is 6.08 Å². The van der Waals surface area contributed by atoms with Crippen molar-refractivity contribution in [2.75, 3.05) is 0 Å². The number of rotatable bonds is 1. The zero-order valence-electron chi connectivity index (χ0n) is 12.4. The first kappa shape index (κ1) is 15.8. The van der Waals surface area contributed by atoms with Crippen LogP contribution in [0.4, 0.5) is 8.78 Å². The Kier molecular flexibility index (Phi) is 3.10. The number of alkyl halides is 2. The third kappa shape index (κ3) is 2.09. The minimum absolute atomic E-state index is 0.00173. The van der Waals surface area contributed by atoms with Crippen LogP contribution in [0.3, 0.4) is 0 Å². The fourth-order valence-electron chi connectivity index (χ4n) is 3.79. The Morgan fingerprint density at radius 1 is 1.17 bits per heavy atom. The Morgan fingerprint density at radius 2 is 1.75 bits per heavy atom. The molecule has 4 rings (SSSR count). The third-order valence-electron chi connectivity index (χ3n) is 5.25. The number of carboxylic acids is 1. The van der Waals surface area contributed by atoms with Crippen LogP contribution in [0.15, 0.2) is 16.6 Å². The highest BCUT2D eigenvalue weighted by Crippen LogP contribution is 2.57. The Bertz CT molecular complexity index is 785. The molecule has 128 valence electrons. The van der Waals surface area contributed by atoms with Gasteiger partial charge in [-0.05, 0) is 55.0 Å². The van der Waals surface area contributed by atoms with Gasteiger partial charge in [0, 0.05) is 9.90 Å². The normalized spacial score (nSPS) is 32.6. The Balaban J connectivity index is 1.73. The van der Waals surface area contributed by atoms with E-state index in [2.05, 4.69) is 25.4 Å². The highest BCUT2D eigenvalue weighted by molar-refractivity contribution is 9.11. The highest BCUT2D eigenvalue weighted by Gasteiger charge is 2.51. The molecule has 8 heteroatoms. The van der Waals surface area contributed by atoms with Crippen LogP contribution in [0.2, 0.25) is 0 Å². The molecule has 0 radical (unpaired) electrons. The average molecular weight is 402 g/mol. The second-order valence-electron chi connectivity index (χ2n) is 6.59. The lowest BCUT2D eigenvalue weighted by Crippen LogP contribution is -2.53. The smallest absolute Gasteiger partial charge is 0.480 e. The second kappa shape index (κ2) is 4.70. The third-order valence-corrected chi connectivity index (χ3v) is 6.24. The molecule has 3 N–H and O–H groups in total. The molecule has 1 fully saturated rings. The van der Waals surface area contributed by atoms with Gasteiger partial charge in [0.1, 0.15) is 5.54 Å². The van der Waals surface area contributed by atoms with Gasteiger partial charge < -0.3 is 20.3 Å². The van der Waals surface area contributed by atoms with Gasteiger partial charge in [-0.25, -0.2) is 0 Å². The highest BCUT2D eigenvalue weighted by atomic mass is 79.9. The van der Waals surface area contributed by atoms with Crippen LogP contribution in [0.25, 0.3) is 6.08 Å². The van der Waals surface area contributed by atoms with Crippen molar-refractivity contribution in [3.05, 3.63) is 27.7 Å². The number of carbonyl (C=O) groups is 1. The van der Waals surface area contributed by atoms with E-state index in [-0.39, 0.29) is 11.5 Å². The number of carboxylic acid groups (broad SMARTS) is 1. The molecule has 24 heavy (non-hydrogen) atoms. The van der Waals surface area contributed by atoms with E-state index in [9.17, 15) is 18.7 Å². The topological polar surface area (TPSA) is 81.8 Å². The number of halogens is 3. The number of nitrogens with two attached hydrogens (primary N) is 1. The molecule has 1 saturated carbocycles. The van der Waals surface area contributed by atoms with Gasteiger partial charge in [-0.1, -0.05) is 15.9 Å². The number of benzene rings is 1. The Morgan fingerprint density at radius 3 is 2.33 bits per heavy atom. The maximum Gasteiger partial charge on any atom is 0.586 e. The van der Waals surface area contributed by atoms with Crippen LogP contribution in [-0.4, -0.2) is 22.9 Å². The summed E-state index contributed by atoms with van der Waals surface area (Å²) in [6.45, 7) is 0. The van der Waals surface area contributed by atoms with E-state index in [0.717, 1.165) is 15.6 Å². The number of allylic oxidation sites excluding steroid dienone is 1. The van der Waals surface area contributed by atoms with Crippen LogP contribution in [0, 0.1) is 0 Å². The first-order valence-electron chi connectivity index (χ1n) is 7.50. The van der Waals surface area contributed by atoms with Gasteiger partial charge in [0.05, 0.1) is 0 Å². The fourth-order valence-corrected chi connectivity index (χ4v) is 4.65. The summed E-state index contributed by atoms with van der Waals surface area (Å²) in [5, 5.41) is 9.30. The number of fused-ring (bicyclic) bond motifs is 3. The summed E-state index contributed by atoms with van der Waals surface area (Å²) in [7, 11) is 0. The minimum Gasteiger partial charge on any atom is -0.480 e. The Hall–Kier alpha value is -1.67. The van der Waals surface area contributed by atoms with Crippen LogP contribution in [0.1, 0.15) is 36.8 Å². The van der Waals surface area contributed by atoms with Crippen molar-refractivity contribution in [3.8, 4) is 11.5 Å². The molecule has 0 amide bonds. The lowest BCUT2D eigenvalue weighted by molar-refractivity contribution is -0.286. The SMILES string of the molecule is NC1(C(=O)O)CCC2(CC1)C(Br)=Cc1cc3c(cc12)OC(F)(F)O3. The number of ether oxygens (including phenoxy) is 2. The maximum absolute atomic E-state index is 13.3. The molecular formula is C16H14BrF2NO4. The molecule has 3 aliphatic rings. The van der Waals surface area contributed by atoms with Crippen molar-refractivity contribution >= 4 is 28.0 Å². The molecule has 5 nitrogen and oxygen atoms in total. The molecule has 0 atom stereocenters. The van der Waals surface area contributed by atoms with Crippen molar-refractivity contribution in [2.24, 2.45) is 5.73 Å². The van der Waals surface area contributed by atoms with Gasteiger partial charge in [0.2, 0.25) is 0 Å². The largest absolute Gasteiger partial charge is 0.586 e. The van der Waals surface area contributed by atoms with Gasteiger partial charge >= 0.3 is 12.3 Å². The quantitative estimate of drug-likeness (QED) is 0.753. The van der Waals surface area contributed by atoms with Gasteiger partial charge in [0.15, 0.2) is 11.5 Å². The molecule has 1 heterocycles. The summed E-state index contributed by atoms with van der Waals surface area (Å²) >= 11 is 3.57. The maximum atomic E-state index is 13.3. The zero-order valence-corrected chi connectivity index (χ0v) is 14.0. The molecule has 0 unspecified atom stereocenters. The van der Waals surface area contributed by atoms with Crippen LogP contribution >= 0.6 is 15.9 Å². The van der Waals surface area contributed by atoms with Crippen molar-refractivity contribution in [1.82, 2.24) is 0 Å². The van der Waals surface area contributed by atoms with Crippen molar-refractivity contribution in [1.29, 1.82) is 0 Å². The fraction of sp³-hybridized carbons (Fsp3) is 0.438. The second-order valence-corrected chi connectivity index (χ2v) is 7.44. The van der Waals surface area contributed by atoms with E-state index in [4.69, 9.17) is 5.73 Å². The summed E-state index contributed by atoms with van der Waals surface area (Å²) in [6, 6.07) is 3.10. The van der Waals surface area contributed by atoms with Gasteiger partial charge in [0.25, 0.3) is 0 Å². The van der Waals surface area contributed by atoms with Crippen LogP contribution in [0.5, 0.6) is 11.5 Å². The molecule has 2 aliphatic carbocycles. The van der Waals surface area contributed by atoms with E-state index in [1.54, 1.807) is 6.07 Å². The molecular weight excluding hydrogens is 388 g/mol. The molecule has 0 aromatic heterocycles. The van der Waals surface area contributed by atoms with Gasteiger partial charge in [-0.3, -0.25) is 4.79 Å². The molecule has 1 aromatic rings.